The van der Waals surface area contributed by atoms with Crippen molar-refractivity contribution >= 4 is 17.8 Å². The van der Waals surface area contributed by atoms with E-state index >= 15 is 0 Å². The second kappa shape index (κ2) is 6.55. The average Bonchev–Trinajstić information content (AvgIpc) is 2.37. The van der Waals surface area contributed by atoms with Crippen molar-refractivity contribution in [3.05, 3.63) is 29.3 Å². The summed E-state index contributed by atoms with van der Waals surface area (Å²) >= 11 is 0. The predicted molar refractivity (Wildman–Crippen MR) is 70.4 cm³/mol. The molecule has 0 radical (unpaired) electrons. The number of carbonyl (C=O) groups excluding carboxylic acids is 2. The van der Waals surface area contributed by atoms with E-state index in [9.17, 15) is 14.4 Å². The molecular weight excluding hydrogens is 264 g/mol. The van der Waals surface area contributed by atoms with Crippen molar-refractivity contribution in [3.8, 4) is 5.75 Å². The van der Waals surface area contributed by atoms with E-state index in [0.29, 0.717) is 5.75 Å². The first kappa shape index (κ1) is 15.5. The maximum atomic E-state index is 11.9. The topological polar surface area (TPSA) is 119 Å². The lowest BCUT2D eigenvalue weighted by molar-refractivity contribution is -0.140. The molecule has 0 saturated heterocycles. The van der Waals surface area contributed by atoms with E-state index in [1.165, 1.54) is 19.2 Å². The lowest BCUT2D eigenvalue weighted by Crippen LogP contribution is -2.43. The fraction of sp³-hybridized carbons (Fsp3) is 0.308. The van der Waals surface area contributed by atoms with Gasteiger partial charge in [0.05, 0.1) is 13.5 Å². The van der Waals surface area contributed by atoms with Crippen molar-refractivity contribution < 1.29 is 24.2 Å². The van der Waals surface area contributed by atoms with Crippen LogP contribution in [0.3, 0.4) is 0 Å². The minimum Gasteiger partial charge on any atom is -0.496 e. The van der Waals surface area contributed by atoms with Gasteiger partial charge in [0.1, 0.15) is 11.8 Å². The number of carboxylic acids is 1. The van der Waals surface area contributed by atoms with Crippen molar-refractivity contribution in [3.63, 3.8) is 0 Å². The third-order valence-corrected chi connectivity index (χ3v) is 2.68. The Kier molecular flexibility index (Phi) is 5.08. The number of benzene rings is 1. The molecule has 1 aromatic carbocycles. The number of ether oxygens (including phenoxy) is 1. The summed E-state index contributed by atoms with van der Waals surface area (Å²) in [6.45, 7) is 1.81. The van der Waals surface area contributed by atoms with Crippen LogP contribution in [0.15, 0.2) is 18.2 Å². The summed E-state index contributed by atoms with van der Waals surface area (Å²) in [5, 5.41) is 11.2. The van der Waals surface area contributed by atoms with Gasteiger partial charge in [-0.05, 0) is 24.6 Å². The van der Waals surface area contributed by atoms with Gasteiger partial charge in [-0.15, -0.1) is 0 Å². The van der Waals surface area contributed by atoms with Crippen LogP contribution >= 0.6 is 0 Å². The van der Waals surface area contributed by atoms with Gasteiger partial charge in [-0.1, -0.05) is 6.07 Å². The van der Waals surface area contributed by atoms with Crippen molar-refractivity contribution in [1.29, 1.82) is 0 Å². The third kappa shape index (κ3) is 3.98. The molecule has 1 rings (SSSR count). The van der Waals surface area contributed by atoms with Crippen molar-refractivity contribution in [2.24, 2.45) is 5.73 Å². The smallest absolute Gasteiger partial charge is 0.326 e. The Labute approximate surface area is 115 Å². The fourth-order valence-electron chi connectivity index (χ4n) is 1.60. The van der Waals surface area contributed by atoms with Crippen LogP contribution in [0.2, 0.25) is 0 Å². The molecule has 1 atom stereocenters. The van der Waals surface area contributed by atoms with Crippen LogP contribution in [0.25, 0.3) is 0 Å². The highest BCUT2D eigenvalue weighted by Gasteiger charge is 2.23. The van der Waals surface area contributed by atoms with Gasteiger partial charge < -0.3 is 20.9 Å². The highest BCUT2D eigenvalue weighted by molar-refractivity contribution is 5.98. The molecule has 0 aromatic heterocycles. The van der Waals surface area contributed by atoms with Gasteiger partial charge in [0, 0.05) is 5.56 Å². The van der Waals surface area contributed by atoms with E-state index in [4.69, 9.17) is 15.6 Å². The molecule has 4 N–H and O–H groups in total. The van der Waals surface area contributed by atoms with Crippen LogP contribution in [0.5, 0.6) is 5.75 Å². The average molecular weight is 280 g/mol. The second-order valence-electron chi connectivity index (χ2n) is 4.22. The number of hydrogen-bond acceptors (Lipinski definition) is 4. The zero-order chi connectivity index (χ0) is 15.3. The summed E-state index contributed by atoms with van der Waals surface area (Å²) in [5.41, 5.74) is 6.02. The highest BCUT2D eigenvalue weighted by Crippen LogP contribution is 2.19. The largest absolute Gasteiger partial charge is 0.496 e. The molecule has 0 heterocycles. The van der Waals surface area contributed by atoms with E-state index in [0.717, 1.165) is 5.56 Å². The molecule has 20 heavy (non-hydrogen) atoms. The molecule has 1 aromatic rings. The summed E-state index contributed by atoms with van der Waals surface area (Å²) in [5.74, 6) is -2.23. The Morgan fingerprint density at radius 2 is 2.05 bits per heavy atom. The predicted octanol–water partition coefficient (Wildman–Crippen LogP) is 0.0620. The summed E-state index contributed by atoms with van der Waals surface area (Å²) in [4.78, 5) is 33.6. The molecular formula is C13H16N2O5. The number of nitrogens with one attached hydrogen (secondary N) is 1. The maximum absolute atomic E-state index is 11.9. The van der Waals surface area contributed by atoms with Gasteiger partial charge in [0.2, 0.25) is 5.91 Å². The Bertz CT molecular complexity index is 542. The molecule has 108 valence electrons. The normalized spacial score (nSPS) is 11.5. The lowest BCUT2D eigenvalue weighted by Gasteiger charge is -2.13. The van der Waals surface area contributed by atoms with Gasteiger partial charge in [-0.3, -0.25) is 9.59 Å². The van der Waals surface area contributed by atoms with Crippen LogP contribution in [0, 0.1) is 6.92 Å². The monoisotopic (exact) mass is 280 g/mol. The van der Waals surface area contributed by atoms with Gasteiger partial charge in [-0.25, -0.2) is 4.79 Å². The fourth-order valence-corrected chi connectivity index (χ4v) is 1.60. The minimum absolute atomic E-state index is 0.239. The number of amides is 2. The Morgan fingerprint density at radius 1 is 1.40 bits per heavy atom. The SMILES string of the molecule is COc1cc(C(=O)NC(CC(N)=O)C(=O)O)ccc1C. The molecule has 0 bridgehead atoms. The van der Waals surface area contributed by atoms with E-state index in [1.807, 2.05) is 6.92 Å². The summed E-state index contributed by atoms with van der Waals surface area (Å²) in [6, 6.07) is 3.36. The second-order valence-corrected chi connectivity index (χ2v) is 4.22. The quantitative estimate of drug-likeness (QED) is 0.681. The number of nitrogens with two attached hydrogens (primary N) is 1. The zero-order valence-electron chi connectivity index (χ0n) is 11.2. The minimum atomic E-state index is -1.35. The van der Waals surface area contributed by atoms with Gasteiger partial charge in [0.25, 0.3) is 5.91 Å². The van der Waals surface area contributed by atoms with Crippen molar-refractivity contribution in [2.45, 2.75) is 19.4 Å². The summed E-state index contributed by atoms with van der Waals surface area (Å²) in [6.07, 6.45) is -0.468. The first-order valence-corrected chi connectivity index (χ1v) is 5.81. The van der Waals surface area contributed by atoms with E-state index in [2.05, 4.69) is 5.32 Å². The molecule has 7 heteroatoms. The lowest BCUT2D eigenvalue weighted by atomic mass is 10.1. The Morgan fingerprint density at radius 3 is 2.55 bits per heavy atom. The van der Waals surface area contributed by atoms with E-state index in [-0.39, 0.29) is 5.56 Å². The van der Waals surface area contributed by atoms with Gasteiger partial charge >= 0.3 is 5.97 Å². The number of hydrogen-bond donors (Lipinski definition) is 3. The summed E-state index contributed by atoms with van der Waals surface area (Å²) < 4.78 is 5.08. The molecule has 7 nitrogen and oxygen atoms in total. The molecule has 0 aliphatic carbocycles. The molecule has 0 saturated carbocycles. The first-order valence-electron chi connectivity index (χ1n) is 5.81. The molecule has 0 aliphatic heterocycles. The molecule has 0 fully saturated rings. The van der Waals surface area contributed by atoms with Gasteiger partial charge in [0.15, 0.2) is 0 Å². The van der Waals surface area contributed by atoms with E-state index in [1.54, 1.807) is 6.07 Å². The van der Waals surface area contributed by atoms with Crippen LogP contribution in [0.4, 0.5) is 0 Å². The molecule has 1 unspecified atom stereocenters. The Balaban J connectivity index is 2.88. The maximum Gasteiger partial charge on any atom is 0.326 e. The Hall–Kier alpha value is -2.57. The number of aliphatic carboxylic acids is 1. The van der Waals surface area contributed by atoms with Crippen LogP contribution in [-0.4, -0.2) is 36.0 Å². The number of methoxy groups -OCH3 is 1. The molecule has 2 amide bonds. The third-order valence-electron chi connectivity index (χ3n) is 2.68. The number of rotatable bonds is 6. The van der Waals surface area contributed by atoms with E-state index < -0.39 is 30.2 Å². The first-order chi connectivity index (χ1) is 9.35. The van der Waals surface area contributed by atoms with Gasteiger partial charge in [-0.2, -0.15) is 0 Å². The van der Waals surface area contributed by atoms with Crippen LogP contribution in [0.1, 0.15) is 22.3 Å². The number of carboxylic acid groups (broad SMARTS) is 1. The standard InChI is InChI=1S/C13H16N2O5/c1-7-3-4-8(5-10(7)20-2)12(17)15-9(13(18)19)6-11(14)16/h3-5,9H,6H2,1-2H3,(H2,14,16)(H,15,17)(H,18,19). The van der Waals surface area contributed by atoms with Crippen LogP contribution in [-0.2, 0) is 9.59 Å². The molecule has 0 spiro atoms. The van der Waals surface area contributed by atoms with Crippen LogP contribution < -0.4 is 15.8 Å². The number of primary amides is 1. The van der Waals surface area contributed by atoms with Crippen molar-refractivity contribution in [1.82, 2.24) is 5.32 Å². The number of aryl methyl sites for hydroxylation is 1. The number of carbonyl (C=O) groups is 3. The summed E-state index contributed by atoms with van der Waals surface area (Å²) in [7, 11) is 1.47. The zero-order valence-corrected chi connectivity index (χ0v) is 11.2. The molecule has 0 aliphatic rings. The van der Waals surface area contributed by atoms with Crippen molar-refractivity contribution in [2.75, 3.05) is 7.11 Å². The highest BCUT2D eigenvalue weighted by atomic mass is 16.5.